The number of hydrogen-bond donors (Lipinski definition) is 4. The summed E-state index contributed by atoms with van der Waals surface area (Å²) in [4.78, 5) is 21.9. The van der Waals surface area contributed by atoms with Crippen molar-refractivity contribution in [2.45, 2.75) is 43.9 Å². The fourth-order valence-corrected chi connectivity index (χ4v) is 1.44. The van der Waals surface area contributed by atoms with Crippen LogP contribution in [0.2, 0.25) is 0 Å². The number of Topliss-reactive ketones (excluding diaryl/α,β-unsaturated/α-hetero) is 1. The van der Waals surface area contributed by atoms with Crippen LogP contribution in [0.15, 0.2) is 0 Å². The van der Waals surface area contributed by atoms with Crippen molar-refractivity contribution in [1.29, 1.82) is 0 Å². The van der Waals surface area contributed by atoms with Gasteiger partial charge in [0.2, 0.25) is 0 Å². The van der Waals surface area contributed by atoms with Gasteiger partial charge in [0, 0.05) is 6.42 Å². The summed E-state index contributed by atoms with van der Waals surface area (Å²) < 4.78 is 4.46. The molecule has 1 unspecified atom stereocenters. The molecular weight excluding hydrogens is 220 g/mol. The van der Waals surface area contributed by atoms with Crippen molar-refractivity contribution in [1.82, 2.24) is 0 Å². The average Bonchev–Trinajstić information content (AvgIpc) is 2.54. The second-order valence-electron chi connectivity index (χ2n) is 3.59. The number of esters is 1. The zero-order valence-electron chi connectivity index (χ0n) is 8.61. The molecule has 1 fully saturated rings. The summed E-state index contributed by atoms with van der Waals surface area (Å²) in [6.07, 6.45) is -8.40. The zero-order valence-corrected chi connectivity index (χ0v) is 8.61. The molecule has 1 heterocycles. The van der Waals surface area contributed by atoms with Gasteiger partial charge < -0.3 is 25.2 Å². The maximum absolute atomic E-state index is 11.1. The van der Waals surface area contributed by atoms with E-state index in [1.54, 1.807) is 0 Å². The van der Waals surface area contributed by atoms with Gasteiger partial charge in [0.05, 0.1) is 0 Å². The summed E-state index contributed by atoms with van der Waals surface area (Å²) in [5.74, 6) is -1.73. The van der Waals surface area contributed by atoms with Gasteiger partial charge in [0.25, 0.3) is 0 Å². The predicted octanol–water partition coefficient (Wildman–Crippen LogP) is -2.67. The summed E-state index contributed by atoms with van der Waals surface area (Å²) in [6.45, 7) is 1.49. The topological polar surface area (TPSA) is 124 Å². The number of ketones is 1. The van der Waals surface area contributed by atoms with E-state index in [0.29, 0.717) is 0 Å². The second-order valence-corrected chi connectivity index (χ2v) is 3.59. The third kappa shape index (κ3) is 2.22. The number of aliphatic hydroxyl groups is 4. The number of ether oxygens (including phenoxy) is 1. The monoisotopic (exact) mass is 234 g/mol. The van der Waals surface area contributed by atoms with Crippen LogP contribution in [0.5, 0.6) is 0 Å². The molecule has 0 spiro atoms. The first-order chi connectivity index (χ1) is 7.40. The van der Waals surface area contributed by atoms with Crippen molar-refractivity contribution < 1.29 is 34.8 Å². The largest absolute Gasteiger partial charge is 0.455 e. The van der Waals surface area contributed by atoms with Crippen LogP contribution in [0.3, 0.4) is 0 Å². The first-order valence-electron chi connectivity index (χ1n) is 4.85. The van der Waals surface area contributed by atoms with Crippen molar-refractivity contribution in [2.75, 3.05) is 0 Å². The lowest BCUT2D eigenvalue weighted by atomic mass is 9.98. The van der Waals surface area contributed by atoms with Crippen LogP contribution in [0.4, 0.5) is 0 Å². The maximum Gasteiger partial charge on any atom is 0.338 e. The first-order valence-corrected chi connectivity index (χ1v) is 4.85. The van der Waals surface area contributed by atoms with Gasteiger partial charge in [-0.15, -0.1) is 0 Å². The minimum Gasteiger partial charge on any atom is -0.455 e. The Morgan fingerprint density at radius 2 is 2.00 bits per heavy atom. The highest BCUT2D eigenvalue weighted by Crippen LogP contribution is 2.21. The van der Waals surface area contributed by atoms with E-state index in [0.717, 1.165) is 0 Å². The Balaban J connectivity index is 2.71. The molecule has 16 heavy (non-hydrogen) atoms. The van der Waals surface area contributed by atoms with Crippen LogP contribution in [0, 0.1) is 0 Å². The predicted molar refractivity (Wildman–Crippen MR) is 49.2 cm³/mol. The molecule has 5 atom stereocenters. The van der Waals surface area contributed by atoms with E-state index in [1.165, 1.54) is 6.92 Å². The Bertz CT molecular complexity index is 290. The molecule has 0 bridgehead atoms. The molecule has 1 aliphatic rings. The van der Waals surface area contributed by atoms with Gasteiger partial charge in [-0.05, 0) is 0 Å². The lowest BCUT2D eigenvalue weighted by Gasteiger charge is -2.23. The molecule has 7 nitrogen and oxygen atoms in total. The Morgan fingerprint density at radius 1 is 1.44 bits per heavy atom. The summed E-state index contributed by atoms with van der Waals surface area (Å²) in [5, 5.41) is 37.2. The van der Waals surface area contributed by atoms with Crippen LogP contribution >= 0.6 is 0 Å². The quantitative estimate of drug-likeness (QED) is 0.391. The third-order valence-electron chi connectivity index (χ3n) is 2.49. The van der Waals surface area contributed by atoms with Crippen LogP contribution in [-0.4, -0.2) is 62.7 Å². The van der Waals surface area contributed by atoms with Crippen molar-refractivity contribution in [3.63, 3.8) is 0 Å². The molecule has 0 aromatic carbocycles. The van der Waals surface area contributed by atoms with Crippen molar-refractivity contribution in [3.05, 3.63) is 0 Å². The van der Waals surface area contributed by atoms with Gasteiger partial charge >= 0.3 is 5.97 Å². The zero-order chi connectivity index (χ0) is 12.5. The summed E-state index contributed by atoms with van der Waals surface area (Å²) in [7, 11) is 0. The smallest absolute Gasteiger partial charge is 0.338 e. The van der Waals surface area contributed by atoms with E-state index in [2.05, 4.69) is 4.74 Å². The molecule has 0 aliphatic carbocycles. The maximum atomic E-state index is 11.1. The number of carbonyl (C=O) groups is 2. The minimum absolute atomic E-state index is 0.00244. The van der Waals surface area contributed by atoms with Crippen molar-refractivity contribution >= 4 is 11.8 Å². The molecule has 0 aromatic heterocycles. The van der Waals surface area contributed by atoms with Gasteiger partial charge in [0.15, 0.2) is 18.0 Å². The van der Waals surface area contributed by atoms with Crippen LogP contribution in [-0.2, 0) is 14.3 Å². The SMILES string of the molecule is CCC(=O)C(O)[C@@H](O)[C@@H]1OC(=O)[C@H](O)[C@H]1O. The van der Waals surface area contributed by atoms with Gasteiger partial charge in [-0.25, -0.2) is 4.79 Å². The summed E-state index contributed by atoms with van der Waals surface area (Å²) in [6, 6.07) is 0. The van der Waals surface area contributed by atoms with E-state index in [9.17, 15) is 24.9 Å². The fourth-order valence-electron chi connectivity index (χ4n) is 1.44. The lowest BCUT2D eigenvalue weighted by Crippen LogP contribution is -2.47. The molecule has 1 aliphatic heterocycles. The van der Waals surface area contributed by atoms with E-state index in [4.69, 9.17) is 5.11 Å². The first kappa shape index (κ1) is 13.0. The fraction of sp³-hybridized carbons (Fsp3) is 0.778. The highest BCUT2D eigenvalue weighted by atomic mass is 16.6. The average molecular weight is 234 g/mol. The second kappa shape index (κ2) is 4.88. The van der Waals surface area contributed by atoms with Crippen LogP contribution in [0.25, 0.3) is 0 Å². The summed E-state index contributed by atoms with van der Waals surface area (Å²) in [5.41, 5.74) is 0. The lowest BCUT2D eigenvalue weighted by molar-refractivity contribution is -0.157. The molecular formula is C9H14O7. The Labute approximate surface area is 91.3 Å². The van der Waals surface area contributed by atoms with E-state index in [-0.39, 0.29) is 6.42 Å². The van der Waals surface area contributed by atoms with E-state index in [1.807, 2.05) is 0 Å². The van der Waals surface area contributed by atoms with Gasteiger partial charge in [-0.2, -0.15) is 0 Å². The number of hydrogen-bond acceptors (Lipinski definition) is 7. The van der Waals surface area contributed by atoms with Crippen molar-refractivity contribution in [2.24, 2.45) is 0 Å². The number of aliphatic hydroxyl groups excluding tert-OH is 4. The van der Waals surface area contributed by atoms with Gasteiger partial charge in [-0.1, -0.05) is 6.92 Å². The number of rotatable bonds is 4. The van der Waals surface area contributed by atoms with Crippen LogP contribution < -0.4 is 0 Å². The molecule has 0 aromatic rings. The molecule has 1 saturated heterocycles. The molecule has 0 amide bonds. The minimum atomic E-state index is -1.76. The van der Waals surface area contributed by atoms with Crippen LogP contribution in [0.1, 0.15) is 13.3 Å². The highest BCUT2D eigenvalue weighted by molar-refractivity contribution is 5.83. The molecule has 92 valence electrons. The van der Waals surface area contributed by atoms with E-state index < -0.39 is 42.3 Å². The molecule has 0 saturated carbocycles. The normalized spacial score (nSPS) is 33.3. The molecule has 0 radical (unpaired) electrons. The van der Waals surface area contributed by atoms with Gasteiger partial charge in [0.1, 0.15) is 18.3 Å². The van der Waals surface area contributed by atoms with E-state index >= 15 is 0 Å². The third-order valence-corrected chi connectivity index (χ3v) is 2.49. The Kier molecular flexibility index (Phi) is 3.98. The standard InChI is InChI=1S/C9H14O7/c1-2-3(10)4(11)5(12)8-6(13)7(14)9(15)16-8/h4-8,11-14H,2H2,1H3/t4?,5-,6-,7-,8+/m1/s1. The molecule has 7 heteroatoms. The van der Waals surface area contributed by atoms with Crippen molar-refractivity contribution in [3.8, 4) is 0 Å². The Hall–Kier alpha value is -1.02. The number of cyclic esters (lactones) is 1. The summed E-state index contributed by atoms with van der Waals surface area (Å²) >= 11 is 0. The Morgan fingerprint density at radius 3 is 2.38 bits per heavy atom. The van der Waals surface area contributed by atoms with Gasteiger partial charge in [-0.3, -0.25) is 4.79 Å². The number of carbonyl (C=O) groups excluding carboxylic acids is 2. The molecule has 1 rings (SSSR count). The highest BCUT2D eigenvalue weighted by Gasteiger charge is 2.48. The molecule has 4 N–H and O–H groups in total.